The molecule has 2 atom stereocenters. The normalized spacial score (nSPS) is 32.9. The van der Waals surface area contributed by atoms with E-state index in [9.17, 15) is 5.11 Å². The van der Waals surface area contributed by atoms with Crippen molar-refractivity contribution in [3.05, 3.63) is 29.8 Å². The monoisotopic (exact) mass is 284 g/mol. The van der Waals surface area contributed by atoms with Crippen LogP contribution < -0.4 is 0 Å². The Hall–Kier alpha value is -1.64. The maximum absolute atomic E-state index is 9.34. The SMILES string of the molecule is C/C(=N\N=C1\C[C@H]2CC[C@@]1(C)C2(C)C)c1ccc(O)cc1. The molecule has 2 bridgehead atoms. The Labute approximate surface area is 126 Å². The average Bonchev–Trinajstić information content (AvgIpc) is 2.78. The fourth-order valence-corrected chi connectivity index (χ4v) is 3.98. The second-order valence-electron chi connectivity index (χ2n) is 7.27. The van der Waals surface area contributed by atoms with Crippen molar-refractivity contribution in [3.63, 3.8) is 0 Å². The molecule has 0 aromatic heterocycles. The molecule has 2 aliphatic carbocycles. The maximum Gasteiger partial charge on any atom is 0.115 e. The zero-order valence-corrected chi connectivity index (χ0v) is 13.3. The van der Waals surface area contributed by atoms with Gasteiger partial charge < -0.3 is 5.11 Å². The van der Waals surface area contributed by atoms with E-state index in [4.69, 9.17) is 0 Å². The van der Waals surface area contributed by atoms with Crippen LogP contribution in [0.2, 0.25) is 0 Å². The van der Waals surface area contributed by atoms with Crippen LogP contribution in [-0.2, 0) is 0 Å². The smallest absolute Gasteiger partial charge is 0.115 e. The first-order chi connectivity index (χ1) is 9.84. The fraction of sp³-hybridized carbons (Fsp3) is 0.556. The number of nitrogens with zero attached hydrogens (tertiary/aromatic N) is 2. The van der Waals surface area contributed by atoms with Gasteiger partial charge in [0, 0.05) is 11.1 Å². The number of phenolic OH excluding ortho intramolecular Hbond substituents is 1. The third kappa shape index (κ3) is 2.10. The molecular formula is C18H24N2O. The maximum atomic E-state index is 9.34. The van der Waals surface area contributed by atoms with Gasteiger partial charge in [0.2, 0.25) is 0 Å². The Morgan fingerprint density at radius 2 is 1.86 bits per heavy atom. The van der Waals surface area contributed by atoms with Crippen molar-refractivity contribution in [2.45, 2.75) is 47.0 Å². The molecular weight excluding hydrogens is 260 g/mol. The summed E-state index contributed by atoms with van der Waals surface area (Å²) in [6, 6.07) is 7.12. The molecule has 112 valence electrons. The standard InChI is InChI=1S/C18H24N2O/c1-12(13-5-7-15(21)8-6-13)19-20-16-11-14-9-10-18(16,4)17(14,2)3/h5-8,14,21H,9-11H2,1-4H3/b19-12+,20-16-/t14-,18-/m1/s1. The van der Waals surface area contributed by atoms with Crippen LogP contribution in [0.4, 0.5) is 0 Å². The molecule has 3 nitrogen and oxygen atoms in total. The molecule has 2 aliphatic rings. The fourth-order valence-electron chi connectivity index (χ4n) is 3.98. The summed E-state index contributed by atoms with van der Waals surface area (Å²) in [6.45, 7) is 9.08. The predicted molar refractivity (Wildman–Crippen MR) is 87.0 cm³/mol. The Morgan fingerprint density at radius 1 is 1.19 bits per heavy atom. The van der Waals surface area contributed by atoms with Gasteiger partial charge in [-0.3, -0.25) is 0 Å². The molecule has 2 fully saturated rings. The van der Waals surface area contributed by atoms with Gasteiger partial charge >= 0.3 is 0 Å². The van der Waals surface area contributed by atoms with Gasteiger partial charge in [0.25, 0.3) is 0 Å². The third-order valence-electron chi connectivity index (χ3n) is 6.12. The molecule has 2 saturated carbocycles. The quantitative estimate of drug-likeness (QED) is 0.635. The van der Waals surface area contributed by atoms with Crippen molar-refractivity contribution in [2.75, 3.05) is 0 Å². The lowest BCUT2D eigenvalue weighted by molar-refractivity contribution is 0.194. The highest BCUT2D eigenvalue weighted by molar-refractivity contribution is 6.00. The topological polar surface area (TPSA) is 45.0 Å². The minimum atomic E-state index is 0.205. The summed E-state index contributed by atoms with van der Waals surface area (Å²) in [5.41, 5.74) is 3.71. The van der Waals surface area contributed by atoms with Crippen LogP contribution in [0.15, 0.2) is 34.5 Å². The number of hydrogen-bond donors (Lipinski definition) is 1. The molecule has 0 spiro atoms. The number of aromatic hydroxyl groups is 1. The van der Waals surface area contributed by atoms with Crippen LogP contribution in [0.25, 0.3) is 0 Å². The molecule has 21 heavy (non-hydrogen) atoms. The van der Waals surface area contributed by atoms with Gasteiger partial charge in [0.15, 0.2) is 0 Å². The first-order valence-corrected chi connectivity index (χ1v) is 7.75. The van der Waals surface area contributed by atoms with E-state index in [2.05, 4.69) is 31.0 Å². The molecule has 1 N–H and O–H groups in total. The van der Waals surface area contributed by atoms with Gasteiger partial charge in [-0.15, -0.1) is 0 Å². The summed E-state index contributed by atoms with van der Waals surface area (Å²) in [4.78, 5) is 0. The zero-order valence-electron chi connectivity index (χ0n) is 13.3. The molecule has 3 heteroatoms. The summed E-state index contributed by atoms with van der Waals surface area (Å²) in [7, 11) is 0. The van der Waals surface area contributed by atoms with Crippen molar-refractivity contribution in [1.29, 1.82) is 0 Å². The predicted octanol–water partition coefficient (Wildman–Crippen LogP) is 4.40. The molecule has 1 aromatic rings. The lowest BCUT2D eigenvalue weighted by Crippen LogP contribution is -2.32. The van der Waals surface area contributed by atoms with E-state index in [-0.39, 0.29) is 11.2 Å². The molecule has 0 radical (unpaired) electrons. The van der Waals surface area contributed by atoms with Gasteiger partial charge in [-0.2, -0.15) is 10.2 Å². The summed E-state index contributed by atoms with van der Waals surface area (Å²) >= 11 is 0. The Kier molecular flexibility index (Phi) is 3.19. The minimum absolute atomic E-state index is 0.205. The van der Waals surface area contributed by atoms with Gasteiger partial charge in [-0.05, 0) is 67.3 Å². The van der Waals surface area contributed by atoms with Gasteiger partial charge in [-0.25, -0.2) is 0 Å². The van der Waals surface area contributed by atoms with E-state index in [1.54, 1.807) is 12.1 Å². The van der Waals surface area contributed by atoms with Crippen molar-refractivity contribution in [2.24, 2.45) is 27.0 Å². The Balaban J connectivity index is 1.87. The zero-order chi connectivity index (χ0) is 15.3. The van der Waals surface area contributed by atoms with Crippen LogP contribution in [0.3, 0.4) is 0 Å². The van der Waals surface area contributed by atoms with Crippen LogP contribution in [0.5, 0.6) is 5.75 Å². The lowest BCUT2D eigenvalue weighted by atomic mass is 9.70. The van der Waals surface area contributed by atoms with E-state index >= 15 is 0 Å². The van der Waals surface area contributed by atoms with E-state index < -0.39 is 0 Å². The number of phenols is 1. The highest BCUT2D eigenvalue weighted by Gasteiger charge is 2.59. The average molecular weight is 284 g/mol. The molecule has 0 amide bonds. The lowest BCUT2D eigenvalue weighted by Gasteiger charge is -2.34. The number of benzene rings is 1. The van der Waals surface area contributed by atoms with E-state index in [1.165, 1.54) is 18.6 Å². The van der Waals surface area contributed by atoms with E-state index in [0.29, 0.717) is 5.41 Å². The van der Waals surface area contributed by atoms with Crippen LogP contribution in [-0.4, -0.2) is 16.5 Å². The van der Waals surface area contributed by atoms with Crippen molar-refractivity contribution in [3.8, 4) is 5.75 Å². The molecule has 0 unspecified atom stereocenters. The second kappa shape index (κ2) is 4.69. The summed E-state index contributed by atoms with van der Waals surface area (Å²) in [6.07, 6.45) is 3.65. The molecule has 0 heterocycles. The minimum Gasteiger partial charge on any atom is -0.508 e. The highest BCUT2D eigenvalue weighted by atomic mass is 16.3. The number of rotatable bonds is 2. The first-order valence-electron chi connectivity index (χ1n) is 7.75. The van der Waals surface area contributed by atoms with Gasteiger partial charge in [-0.1, -0.05) is 20.8 Å². The van der Waals surface area contributed by atoms with Crippen LogP contribution >= 0.6 is 0 Å². The molecule has 1 aromatic carbocycles. The van der Waals surface area contributed by atoms with Crippen LogP contribution in [0, 0.1) is 16.7 Å². The summed E-state index contributed by atoms with van der Waals surface area (Å²) < 4.78 is 0. The Bertz CT molecular complexity index is 613. The van der Waals surface area contributed by atoms with E-state index in [1.807, 2.05) is 19.1 Å². The van der Waals surface area contributed by atoms with Crippen molar-refractivity contribution < 1.29 is 5.11 Å². The van der Waals surface area contributed by atoms with Crippen molar-refractivity contribution in [1.82, 2.24) is 0 Å². The molecule has 3 rings (SSSR count). The van der Waals surface area contributed by atoms with Crippen molar-refractivity contribution >= 4 is 11.4 Å². The Morgan fingerprint density at radius 3 is 2.38 bits per heavy atom. The second-order valence-corrected chi connectivity index (χ2v) is 7.27. The molecule has 0 aliphatic heterocycles. The third-order valence-corrected chi connectivity index (χ3v) is 6.12. The summed E-state index contributed by atoms with van der Waals surface area (Å²) in [5.74, 6) is 1.03. The van der Waals surface area contributed by atoms with E-state index in [0.717, 1.165) is 23.6 Å². The van der Waals surface area contributed by atoms with Gasteiger partial charge in [0.1, 0.15) is 5.75 Å². The first kappa shape index (κ1) is 14.3. The number of hydrogen-bond acceptors (Lipinski definition) is 3. The summed E-state index contributed by atoms with van der Waals surface area (Å²) in [5, 5.41) is 18.4. The largest absolute Gasteiger partial charge is 0.508 e. The van der Waals surface area contributed by atoms with Gasteiger partial charge in [0.05, 0.1) is 5.71 Å². The molecule has 0 saturated heterocycles. The highest BCUT2D eigenvalue weighted by Crippen LogP contribution is 2.63. The van der Waals surface area contributed by atoms with Crippen LogP contribution in [0.1, 0.15) is 52.5 Å². The number of fused-ring (bicyclic) bond motifs is 2.